The third kappa shape index (κ3) is 2.80. The number of halogens is 2. The number of hydrogen-bond acceptors (Lipinski definition) is 2. The van der Waals surface area contributed by atoms with Crippen molar-refractivity contribution in [3.63, 3.8) is 0 Å². The summed E-state index contributed by atoms with van der Waals surface area (Å²) in [7, 11) is -2.94. The van der Waals surface area contributed by atoms with Crippen LogP contribution >= 0.6 is 11.6 Å². The van der Waals surface area contributed by atoms with Gasteiger partial charge in [0.05, 0.1) is 16.9 Å². The van der Waals surface area contributed by atoms with Gasteiger partial charge in [-0.3, -0.25) is 0 Å². The second-order valence-corrected chi connectivity index (χ2v) is 7.27. The van der Waals surface area contributed by atoms with E-state index < -0.39 is 15.2 Å². The molecule has 2 atom stereocenters. The molecule has 0 radical (unpaired) electrons. The molecule has 2 nitrogen and oxygen atoms in total. The van der Waals surface area contributed by atoms with Gasteiger partial charge in [0.2, 0.25) is 0 Å². The summed E-state index contributed by atoms with van der Waals surface area (Å²) in [6.45, 7) is 1.68. The lowest BCUT2D eigenvalue weighted by Gasteiger charge is -2.16. The van der Waals surface area contributed by atoms with Crippen LogP contribution in [-0.2, 0) is 9.84 Å². The molecule has 0 spiro atoms. The van der Waals surface area contributed by atoms with Crippen molar-refractivity contribution in [2.75, 3.05) is 11.5 Å². The molecule has 1 heterocycles. The Morgan fingerprint density at radius 1 is 1.47 bits per heavy atom. The Labute approximate surface area is 106 Å². The van der Waals surface area contributed by atoms with E-state index in [0.29, 0.717) is 17.5 Å². The van der Waals surface area contributed by atoms with Gasteiger partial charge in [0.15, 0.2) is 9.84 Å². The highest BCUT2D eigenvalue weighted by atomic mass is 35.5. The maximum absolute atomic E-state index is 13.4. The van der Waals surface area contributed by atoms with Crippen LogP contribution in [0.2, 0.25) is 0 Å². The molecule has 17 heavy (non-hydrogen) atoms. The number of benzene rings is 1. The van der Waals surface area contributed by atoms with E-state index in [1.807, 2.05) is 0 Å². The number of rotatable bonds is 2. The maximum atomic E-state index is 13.4. The Kier molecular flexibility index (Phi) is 3.46. The van der Waals surface area contributed by atoms with Gasteiger partial charge in [0.25, 0.3) is 0 Å². The topological polar surface area (TPSA) is 34.1 Å². The first-order chi connectivity index (χ1) is 7.89. The monoisotopic (exact) mass is 276 g/mol. The largest absolute Gasteiger partial charge is 0.229 e. The van der Waals surface area contributed by atoms with E-state index in [-0.39, 0.29) is 23.2 Å². The average molecular weight is 277 g/mol. The fourth-order valence-corrected chi connectivity index (χ4v) is 4.40. The molecule has 0 aliphatic carbocycles. The summed E-state index contributed by atoms with van der Waals surface area (Å²) in [5.74, 6) is -0.107. The highest BCUT2D eigenvalue weighted by Crippen LogP contribution is 2.36. The van der Waals surface area contributed by atoms with Crippen molar-refractivity contribution in [1.82, 2.24) is 0 Å². The van der Waals surface area contributed by atoms with Crippen LogP contribution in [0.15, 0.2) is 18.2 Å². The fraction of sp³-hybridized carbons (Fsp3) is 0.500. The molecule has 2 rings (SSSR count). The van der Waals surface area contributed by atoms with Gasteiger partial charge in [0, 0.05) is 0 Å². The summed E-state index contributed by atoms with van der Waals surface area (Å²) in [6.07, 6.45) is 0.562. The zero-order valence-corrected chi connectivity index (χ0v) is 11.1. The second-order valence-electron chi connectivity index (χ2n) is 4.57. The third-order valence-corrected chi connectivity index (χ3v) is 5.60. The Hall–Kier alpha value is -0.610. The van der Waals surface area contributed by atoms with Crippen LogP contribution in [0.3, 0.4) is 0 Å². The molecular formula is C12H14ClFO2S. The predicted molar refractivity (Wildman–Crippen MR) is 66.5 cm³/mol. The minimum Gasteiger partial charge on any atom is -0.229 e. The van der Waals surface area contributed by atoms with Crippen molar-refractivity contribution >= 4 is 21.4 Å². The van der Waals surface area contributed by atoms with Crippen molar-refractivity contribution in [1.29, 1.82) is 0 Å². The van der Waals surface area contributed by atoms with Crippen molar-refractivity contribution in [3.05, 3.63) is 35.1 Å². The Morgan fingerprint density at radius 3 is 2.71 bits per heavy atom. The summed E-state index contributed by atoms with van der Waals surface area (Å²) in [4.78, 5) is 0. The molecule has 0 bridgehead atoms. The third-order valence-electron chi connectivity index (χ3n) is 3.20. The van der Waals surface area contributed by atoms with Crippen LogP contribution in [-0.4, -0.2) is 19.9 Å². The minimum atomic E-state index is -2.94. The number of alkyl halides is 1. The van der Waals surface area contributed by atoms with Crippen LogP contribution in [0, 0.1) is 18.7 Å². The van der Waals surface area contributed by atoms with Gasteiger partial charge in [-0.25, -0.2) is 12.8 Å². The van der Waals surface area contributed by atoms with Crippen molar-refractivity contribution < 1.29 is 12.8 Å². The smallest absolute Gasteiger partial charge is 0.150 e. The summed E-state index contributed by atoms with van der Waals surface area (Å²) in [5.41, 5.74) is 1.23. The van der Waals surface area contributed by atoms with E-state index in [1.165, 1.54) is 6.07 Å². The standard InChI is InChI=1S/C12H14ClFO2S/c1-8-2-3-9(6-11(8)14)12(13)10-4-5-17(15,16)7-10/h2-3,6,10,12H,4-5,7H2,1H3. The quantitative estimate of drug-likeness (QED) is 0.779. The first-order valence-corrected chi connectivity index (χ1v) is 7.75. The van der Waals surface area contributed by atoms with E-state index in [1.54, 1.807) is 19.1 Å². The highest BCUT2D eigenvalue weighted by Gasteiger charge is 2.33. The number of hydrogen-bond donors (Lipinski definition) is 0. The molecule has 1 aliphatic rings. The van der Waals surface area contributed by atoms with Gasteiger partial charge in [-0.15, -0.1) is 11.6 Å². The van der Waals surface area contributed by atoms with Gasteiger partial charge in [-0.1, -0.05) is 12.1 Å². The lowest BCUT2D eigenvalue weighted by atomic mass is 9.97. The van der Waals surface area contributed by atoms with Crippen molar-refractivity contribution in [2.45, 2.75) is 18.7 Å². The highest BCUT2D eigenvalue weighted by molar-refractivity contribution is 7.91. The fourth-order valence-electron chi connectivity index (χ4n) is 2.11. The van der Waals surface area contributed by atoms with Crippen LogP contribution in [0.5, 0.6) is 0 Å². The van der Waals surface area contributed by atoms with Gasteiger partial charge >= 0.3 is 0 Å². The summed E-state index contributed by atoms with van der Waals surface area (Å²) in [5, 5.41) is -0.428. The molecule has 1 aromatic carbocycles. The Bertz CT molecular complexity index is 527. The summed E-state index contributed by atoms with van der Waals surface area (Å²) < 4.78 is 36.1. The predicted octanol–water partition coefficient (Wildman–Crippen LogP) is 2.85. The van der Waals surface area contributed by atoms with Crippen LogP contribution < -0.4 is 0 Å². The molecule has 0 N–H and O–H groups in total. The van der Waals surface area contributed by atoms with Crippen molar-refractivity contribution in [3.8, 4) is 0 Å². The van der Waals surface area contributed by atoms with Crippen LogP contribution in [0.25, 0.3) is 0 Å². The number of aryl methyl sites for hydroxylation is 1. The van der Waals surface area contributed by atoms with Gasteiger partial charge in [-0.2, -0.15) is 0 Å². The average Bonchev–Trinajstić information content (AvgIpc) is 2.62. The normalized spacial score (nSPS) is 24.8. The minimum absolute atomic E-state index is 0.108. The Morgan fingerprint density at radius 2 is 2.18 bits per heavy atom. The van der Waals surface area contributed by atoms with Crippen LogP contribution in [0.4, 0.5) is 4.39 Å². The zero-order valence-electron chi connectivity index (χ0n) is 9.49. The van der Waals surface area contributed by atoms with E-state index in [0.717, 1.165) is 0 Å². The molecule has 0 aromatic heterocycles. The molecular weight excluding hydrogens is 263 g/mol. The van der Waals surface area contributed by atoms with Gasteiger partial charge in [-0.05, 0) is 36.5 Å². The van der Waals surface area contributed by atoms with E-state index in [2.05, 4.69) is 0 Å². The lowest BCUT2D eigenvalue weighted by molar-refractivity contribution is 0.562. The van der Waals surface area contributed by atoms with Gasteiger partial charge < -0.3 is 0 Å². The second kappa shape index (κ2) is 4.58. The zero-order chi connectivity index (χ0) is 12.6. The molecule has 1 fully saturated rings. The number of sulfone groups is 1. The van der Waals surface area contributed by atoms with Crippen molar-refractivity contribution in [2.24, 2.45) is 5.92 Å². The first kappa shape index (κ1) is 12.8. The lowest BCUT2D eigenvalue weighted by Crippen LogP contribution is -2.10. The maximum Gasteiger partial charge on any atom is 0.150 e. The van der Waals surface area contributed by atoms with Crippen LogP contribution in [0.1, 0.15) is 22.9 Å². The van der Waals surface area contributed by atoms with Gasteiger partial charge in [0.1, 0.15) is 5.82 Å². The first-order valence-electron chi connectivity index (χ1n) is 5.49. The van der Waals surface area contributed by atoms with E-state index >= 15 is 0 Å². The van der Waals surface area contributed by atoms with E-state index in [4.69, 9.17) is 11.6 Å². The SMILES string of the molecule is Cc1ccc(C(Cl)C2CCS(=O)(=O)C2)cc1F. The molecule has 1 saturated heterocycles. The molecule has 2 unspecified atom stereocenters. The molecule has 0 amide bonds. The summed E-state index contributed by atoms with van der Waals surface area (Å²) in [6, 6.07) is 4.84. The summed E-state index contributed by atoms with van der Waals surface area (Å²) >= 11 is 6.23. The molecule has 5 heteroatoms. The molecule has 1 aliphatic heterocycles. The molecule has 1 aromatic rings. The molecule has 94 valence electrons. The van der Waals surface area contributed by atoms with E-state index in [9.17, 15) is 12.8 Å². The Balaban J connectivity index is 2.20. The molecule has 0 saturated carbocycles.